The van der Waals surface area contributed by atoms with E-state index in [4.69, 9.17) is 47.4 Å². The van der Waals surface area contributed by atoms with Crippen molar-refractivity contribution in [2.45, 2.75) is 12.2 Å². The summed E-state index contributed by atoms with van der Waals surface area (Å²) in [6.45, 7) is 6.98. The molecule has 262 valence electrons. The summed E-state index contributed by atoms with van der Waals surface area (Å²) in [6.07, 6.45) is 2.22. The van der Waals surface area contributed by atoms with E-state index >= 15 is 0 Å². The summed E-state index contributed by atoms with van der Waals surface area (Å²) in [5, 5.41) is 4.14. The molecule has 0 N–H and O–H groups in total. The number of benzene rings is 4. The maximum Gasteiger partial charge on any atom is 0.222 e. The van der Waals surface area contributed by atoms with Crippen molar-refractivity contribution in [3.05, 3.63) is 91.1 Å². The molecule has 1 aromatic heterocycles. The smallest absolute Gasteiger partial charge is 0.222 e. The summed E-state index contributed by atoms with van der Waals surface area (Å²) in [7, 11) is 0. The Bertz CT molecular complexity index is 1700. The van der Waals surface area contributed by atoms with Crippen LogP contribution in [0.2, 0.25) is 0 Å². The van der Waals surface area contributed by atoms with E-state index in [0.29, 0.717) is 89.2 Å². The Morgan fingerprint density at radius 1 is 0.460 bits per heavy atom. The Hall–Kier alpha value is -4.49. The van der Waals surface area contributed by atoms with Gasteiger partial charge in [-0.25, -0.2) is 4.98 Å². The van der Waals surface area contributed by atoms with Crippen LogP contribution in [0, 0.1) is 0 Å². The lowest BCUT2D eigenvalue weighted by Crippen LogP contribution is -2.12. The standard InChI is InChI=1S/C39H41NO10/c1-5-32(45-17-15-41-11-13-43-24-37-26-47-37)19-28-3-7-34(21-30(1)28)49-36-9-10-40-39(23-36)50-35-8-4-29-20-33(6-2-31(29)22-35)46-18-16-42-12-14-44-25-38-27-48-38/h1-10,19-23,37-38H,11-18,24-27H2. The van der Waals surface area contributed by atoms with Crippen LogP contribution in [0.15, 0.2) is 91.1 Å². The highest BCUT2D eigenvalue weighted by Gasteiger charge is 2.22. The van der Waals surface area contributed by atoms with E-state index in [1.165, 1.54) is 0 Å². The number of aromatic nitrogens is 1. The van der Waals surface area contributed by atoms with E-state index in [2.05, 4.69) is 4.98 Å². The van der Waals surface area contributed by atoms with Crippen LogP contribution in [0.4, 0.5) is 0 Å². The van der Waals surface area contributed by atoms with Gasteiger partial charge in [0.25, 0.3) is 0 Å². The molecule has 50 heavy (non-hydrogen) atoms. The van der Waals surface area contributed by atoms with Crippen molar-refractivity contribution in [1.82, 2.24) is 4.98 Å². The number of hydrogen-bond acceptors (Lipinski definition) is 11. The van der Waals surface area contributed by atoms with Crippen molar-refractivity contribution in [2.75, 3.05) is 79.3 Å². The third-order valence-corrected chi connectivity index (χ3v) is 7.88. The molecule has 0 saturated carbocycles. The van der Waals surface area contributed by atoms with Gasteiger partial charge in [-0.05, 0) is 76.1 Å². The Morgan fingerprint density at radius 3 is 1.40 bits per heavy atom. The van der Waals surface area contributed by atoms with Crippen LogP contribution in [0.25, 0.3) is 21.5 Å². The summed E-state index contributed by atoms with van der Waals surface area (Å²) < 4.78 is 56.3. The second-order valence-electron chi connectivity index (χ2n) is 11.9. The van der Waals surface area contributed by atoms with Crippen LogP contribution in [0.1, 0.15) is 0 Å². The maximum atomic E-state index is 6.17. The van der Waals surface area contributed by atoms with Crippen molar-refractivity contribution < 1.29 is 47.4 Å². The average Bonchev–Trinajstić information content (AvgIpc) is 4.08. The fraction of sp³-hybridized carbons (Fsp3) is 0.359. The highest BCUT2D eigenvalue weighted by Crippen LogP contribution is 2.31. The lowest BCUT2D eigenvalue weighted by Gasteiger charge is -2.11. The lowest BCUT2D eigenvalue weighted by molar-refractivity contribution is 0.0317. The van der Waals surface area contributed by atoms with Gasteiger partial charge in [-0.1, -0.05) is 24.3 Å². The highest BCUT2D eigenvalue weighted by molar-refractivity contribution is 5.86. The topological polar surface area (TPSA) is 112 Å². The molecule has 0 amide bonds. The summed E-state index contributed by atoms with van der Waals surface area (Å²) >= 11 is 0. The fourth-order valence-corrected chi connectivity index (χ4v) is 5.11. The summed E-state index contributed by atoms with van der Waals surface area (Å²) in [6, 6.07) is 27.3. The SMILES string of the molecule is c1cc(Oc2ccc3cc(OCCOCCOCC4CO4)ccc3c2)cc(Oc2ccc3cc(OCCOCCOCC4CO4)ccc3c2)n1. The minimum Gasteiger partial charge on any atom is -0.491 e. The fourth-order valence-electron chi connectivity index (χ4n) is 5.11. The third kappa shape index (κ3) is 10.8. The number of fused-ring (bicyclic) bond motifs is 2. The Morgan fingerprint density at radius 2 is 0.880 bits per heavy atom. The molecule has 4 aromatic carbocycles. The van der Waals surface area contributed by atoms with Gasteiger partial charge in [-0.3, -0.25) is 0 Å². The largest absolute Gasteiger partial charge is 0.491 e. The third-order valence-electron chi connectivity index (χ3n) is 7.88. The van der Waals surface area contributed by atoms with E-state index in [1.807, 2.05) is 72.8 Å². The van der Waals surface area contributed by atoms with Gasteiger partial charge >= 0.3 is 0 Å². The zero-order valence-electron chi connectivity index (χ0n) is 27.8. The number of rotatable bonds is 22. The molecule has 2 unspecified atom stereocenters. The minimum atomic E-state index is 0.276. The Labute approximate surface area is 290 Å². The number of pyridine rings is 1. The first-order valence-corrected chi connectivity index (χ1v) is 16.9. The van der Waals surface area contributed by atoms with Crippen molar-refractivity contribution in [3.63, 3.8) is 0 Å². The van der Waals surface area contributed by atoms with Gasteiger partial charge in [0.1, 0.15) is 54.2 Å². The summed E-state index contributed by atoms with van der Waals surface area (Å²) in [4.78, 5) is 4.38. The number of hydrogen-bond donors (Lipinski definition) is 0. The van der Waals surface area contributed by atoms with Gasteiger partial charge in [-0.2, -0.15) is 0 Å². The second kappa shape index (κ2) is 17.4. The number of epoxide rings is 2. The van der Waals surface area contributed by atoms with E-state index in [9.17, 15) is 0 Å². The first-order chi connectivity index (χ1) is 24.7. The average molecular weight is 684 g/mol. The van der Waals surface area contributed by atoms with Crippen LogP contribution < -0.4 is 18.9 Å². The summed E-state index contributed by atoms with van der Waals surface area (Å²) in [5.74, 6) is 3.99. The Balaban J connectivity index is 0.852. The first-order valence-electron chi connectivity index (χ1n) is 16.9. The van der Waals surface area contributed by atoms with Gasteiger partial charge < -0.3 is 47.4 Å². The van der Waals surface area contributed by atoms with Crippen LogP contribution in [-0.4, -0.2) is 96.5 Å². The van der Waals surface area contributed by atoms with Crippen molar-refractivity contribution in [3.8, 4) is 34.6 Å². The molecule has 11 heteroatoms. The summed E-state index contributed by atoms with van der Waals surface area (Å²) in [5.41, 5.74) is 0. The van der Waals surface area contributed by atoms with Gasteiger partial charge in [0.15, 0.2) is 0 Å². The normalized spacial score (nSPS) is 16.4. The van der Waals surface area contributed by atoms with E-state index < -0.39 is 0 Å². The zero-order chi connectivity index (χ0) is 33.8. The molecule has 7 rings (SSSR count). The molecule has 2 saturated heterocycles. The molecule has 2 aliphatic heterocycles. The van der Waals surface area contributed by atoms with E-state index in [-0.39, 0.29) is 12.2 Å². The highest BCUT2D eigenvalue weighted by atomic mass is 16.6. The predicted molar refractivity (Wildman–Crippen MR) is 186 cm³/mol. The van der Waals surface area contributed by atoms with Gasteiger partial charge in [0.05, 0.1) is 66.1 Å². The molecule has 2 aliphatic rings. The van der Waals surface area contributed by atoms with Crippen LogP contribution in [0.3, 0.4) is 0 Å². The van der Waals surface area contributed by atoms with Gasteiger partial charge in [0.2, 0.25) is 5.88 Å². The Kier molecular flexibility index (Phi) is 11.9. The molecule has 0 bridgehead atoms. The lowest BCUT2D eigenvalue weighted by atomic mass is 10.1. The monoisotopic (exact) mass is 683 g/mol. The van der Waals surface area contributed by atoms with Crippen molar-refractivity contribution in [2.24, 2.45) is 0 Å². The van der Waals surface area contributed by atoms with Crippen molar-refractivity contribution in [1.29, 1.82) is 0 Å². The second-order valence-corrected chi connectivity index (χ2v) is 11.9. The molecule has 0 spiro atoms. The van der Waals surface area contributed by atoms with Crippen LogP contribution >= 0.6 is 0 Å². The number of nitrogens with zero attached hydrogens (tertiary/aromatic N) is 1. The quantitative estimate of drug-likeness (QED) is 0.0582. The van der Waals surface area contributed by atoms with Crippen LogP contribution in [0.5, 0.6) is 34.6 Å². The van der Waals surface area contributed by atoms with Gasteiger partial charge in [-0.15, -0.1) is 0 Å². The van der Waals surface area contributed by atoms with Crippen molar-refractivity contribution >= 4 is 21.5 Å². The predicted octanol–water partition coefficient (Wildman–Crippen LogP) is 6.59. The molecule has 3 heterocycles. The molecule has 5 aromatic rings. The van der Waals surface area contributed by atoms with Gasteiger partial charge in [0, 0.05) is 12.3 Å². The van der Waals surface area contributed by atoms with E-state index in [0.717, 1.165) is 46.3 Å². The number of ether oxygens (including phenoxy) is 10. The maximum absolute atomic E-state index is 6.17. The molecular weight excluding hydrogens is 642 g/mol. The molecular formula is C39H41NO10. The molecule has 0 radical (unpaired) electrons. The molecule has 11 nitrogen and oxygen atoms in total. The van der Waals surface area contributed by atoms with E-state index in [1.54, 1.807) is 18.3 Å². The molecule has 2 atom stereocenters. The molecule has 2 fully saturated rings. The molecule has 0 aliphatic carbocycles. The minimum absolute atomic E-state index is 0.276. The zero-order valence-corrected chi connectivity index (χ0v) is 27.8. The van der Waals surface area contributed by atoms with Crippen LogP contribution in [-0.2, 0) is 28.4 Å². The first kappa shape index (κ1) is 34.0.